The SMILES string of the molecule is CCCCC(CC)NC1CCC(CC)CC1. The highest BCUT2D eigenvalue weighted by molar-refractivity contribution is 4.79. The van der Waals surface area contributed by atoms with Crippen LogP contribution < -0.4 is 5.32 Å². The van der Waals surface area contributed by atoms with Gasteiger partial charge in [-0.05, 0) is 44.4 Å². The van der Waals surface area contributed by atoms with E-state index in [9.17, 15) is 0 Å². The lowest BCUT2D eigenvalue weighted by Gasteiger charge is -2.31. The maximum absolute atomic E-state index is 3.89. The average molecular weight is 225 g/mol. The van der Waals surface area contributed by atoms with Crippen LogP contribution in [0, 0.1) is 5.92 Å². The molecule has 0 aromatic rings. The maximum Gasteiger partial charge on any atom is 0.00698 e. The van der Waals surface area contributed by atoms with Gasteiger partial charge in [0.05, 0.1) is 0 Å². The Hall–Kier alpha value is -0.0400. The summed E-state index contributed by atoms with van der Waals surface area (Å²) in [6.45, 7) is 6.96. The molecule has 1 saturated carbocycles. The summed E-state index contributed by atoms with van der Waals surface area (Å²) < 4.78 is 0. The molecule has 1 aliphatic carbocycles. The van der Waals surface area contributed by atoms with Gasteiger partial charge in [0, 0.05) is 12.1 Å². The molecular formula is C15H31N. The van der Waals surface area contributed by atoms with Crippen LogP contribution in [0.15, 0.2) is 0 Å². The molecule has 0 radical (unpaired) electrons. The van der Waals surface area contributed by atoms with Gasteiger partial charge in [-0.1, -0.05) is 40.0 Å². The molecule has 16 heavy (non-hydrogen) atoms. The number of nitrogens with one attached hydrogen (secondary N) is 1. The molecule has 1 nitrogen and oxygen atoms in total. The molecular weight excluding hydrogens is 194 g/mol. The predicted molar refractivity (Wildman–Crippen MR) is 72.8 cm³/mol. The molecule has 0 aliphatic heterocycles. The molecule has 1 unspecified atom stereocenters. The van der Waals surface area contributed by atoms with Crippen LogP contribution in [0.3, 0.4) is 0 Å². The summed E-state index contributed by atoms with van der Waals surface area (Å²) in [5.41, 5.74) is 0. The van der Waals surface area contributed by atoms with E-state index in [1.54, 1.807) is 0 Å². The predicted octanol–water partition coefficient (Wildman–Crippen LogP) is 4.51. The Kier molecular flexibility index (Phi) is 7.11. The third-order valence-electron chi connectivity index (χ3n) is 4.29. The summed E-state index contributed by atoms with van der Waals surface area (Å²) in [4.78, 5) is 0. The van der Waals surface area contributed by atoms with E-state index in [1.165, 1.54) is 57.8 Å². The minimum atomic E-state index is 0.781. The van der Waals surface area contributed by atoms with Gasteiger partial charge in [-0.15, -0.1) is 0 Å². The van der Waals surface area contributed by atoms with Gasteiger partial charge >= 0.3 is 0 Å². The Bertz CT molecular complexity index is 159. The van der Waals surface area contributed by atoms with Crippen molar-refractivity contribution in [3.63, 3.8) is 0 Å². The molecule has 0 saturated heterocycles. The van der Waals surface area contributed by atoms with Crippen LogP contribution in [-0.4, -0.2) is 12.1 Å². The van der Waals surface area contributed by atoms with Gasteiger partial charge in [-0.3, -0.25) is 0 Å². The molecule has 0 aromatic heterocycles. The molecule has 1 rings (SSSR count). The fourth-order valence-corrected chi connectivity index (χ4v) is 2.93. The summed E-state index contributed by atoms with van der Waals surface area (Å²) in [5.74, 6) is 1.02. The zero-order valence-corrected chi connectivity index (χ0v) is 11.6. The third-order valence-corrected chi connectivity index (χ3v) is 4.29. The lowest BCUT2D eigenvalue weighted by molar-refractivity contribution is 0.261. The van der Waals surface area contributed by atoms with E-state index < -0.39 is 0 Å². The molecule has 1 heteroatoms. The minimum Gasteiger partial charge on any atom is -0.311 e. The standard InChI is InChI=1S/C15H31N/c1-4-7-8-14(6-3)16-15-11-9-13(5-2)10-12-15/h13-16H,4-12H2,1-3H3. The number of unbranched alkanes of at least 4 members (excludes halogenated alkanes) is 1. The van der Waals surface area contributed by atoms with E-state index in [4.69, 9.17) is 0 Å². The van der Waals surface area contributed by atoms with E-state index in [1.807, 2.05) is 0 Å². The highest BCUT2D eigenvalue weighted by atomic mass is 14.9. The van der Waals surface area contributed by atoms with Crippen LogP contribution in [0.1, 0.15) is 78.6 Å². The van der Waals surface area contributed by atoms with Crippen LogP contribution in [0.4, 0.5) is 0 Å². The van der Waals surface area contributed by atoms with Gasteiger partial charge in [0.2, 0.25) is 0 Å². The van der Waals surface area contributed by atoms with Gasteiger partial charge in [0.15, 0.2) is 0 Å². The van der Waals surface area contributed by atoms with E-state index in [2.05, 4.69) is 26.1 Å². The summed E-state index contributed by atoms with van der Waals surface area (Å²) in [6, 6.07) is 1.60. The third kappa shape index (κ3) is 4.86. The largest absolute Gasteiger partial charge is 0.311 e. The zero-order chi connectivity index (χ0) is 11.8. The average Bonchev–Trinajstić information content (AvgIpc) is 2.35. The Morgan fingerprint density at radius 1 is 1.06 bits per heavy atom. The van der Waals surface area contributed by atoms with Crippen LogP contribution >= 0.6 is 0 Å². The van der Waals surface area contributed by atoms with Crippen LogP contribution in [-0.2, 0) is 0 Å². The number of rotatable bonds is 7. The molecule has 1 fully saturated rings. The Labute approximate surface area is 102 Å². The van der Waals surface area contributed by atoms with E-state index in [0.29, 0.717) is 0 Å². The van der Waals surface area contributed by atoms with Crippen LogP contribution in [0.5, 0.6) is 0 Å². The maximum atomic E-state index is 3.89. The summed E-state index contributed by atoms with van der Waals surface area (Å²) in [5, 5.41) is 3.89. The first-order valence-corrected chi connectivity index (χ1v) is 7.56. The van der Waals surface area contributed by atoms with Gasteiger partial charge in [0.1, 0.15) is 0 Å². The first-order chi connectivity index (χ1) is 7.80. The summed E-state index contributed by atoms with van der Waals surface area (Å²) >= 11 is 0. The molecule has 1 N–H and O–H groups in total. The fraction of sp³-hybridized carbons (Fsp3) is 1.00. The van der Waals surface area contributed by atoms with Gasteiger partial charge in [-0.25, -0.2) is 0 Å². The first kappa shape index (κ1) is 14.0. The highest BCUT2D eigenvalue weighted by Crippen LogP contribution is 2.27. The monoisotopic (exact) mass is 225 g/mol. The van der Waals surface area contributed by atoms with Crippen molar-refractivity contribution in [3.05, 3.63) is 0 Å². The molecule has 1 aliphatic rings. The Morgan fingerprint density at radius 3 is 2.25 bits per heavy atom. The van der Waals surface area contributed by atoms with Gasteiger partial charge in [0.25, 0.3) is 0 Å². The quantitative estimate of drug-likeness (QED) is 0.672. The second-order valence-corrected chi connectivity index (χ2v) is 5.54. The zero-order valence-electron chi connectivity index (χ0n) is 11.6. The molecule has 0 aromatic carbocycles. The second-order valence-electron chi connectivity index (χ2n) is 5.54. The molecule has 0 heterocycles. The van der Waals surface area contributed by atoms with Crippen molar-refractivity contribution in [1.82, 2.24) is 5.32 Å². The van der Waals surface area contributed by atoms with Crippen molar-refractivity contribution in [3.8, 4) is 0 Å². The Morgan fingerprint density at radius 2 is 1.75 bits per heavy atom. The van der Waals surface area contributed by atoms with Gasteiger partial charge < -0.3 is 5.32 Å². The number of hydrogen-bond acceptors (Lipinski definition) is 1. The van der Waals surface area contributed by atoms with Crippen LogP contribution in [0.25, 0.3) is 0 Å². The summed E-state index contributed by atoms with van der Waals surface area (Å²) in [6.07, 6.45) is 12.5. The first-order valence-electron chi connectivity index (χ1n) is 7.56. The van der Waals surface area contributed by atoms with Crippen LogP contribution in [0.2, 0.25) is 0 Å². The van der Waals surface area contributed by atoms with Crippen molar-refractivity contribution in [2.75, 3.05) is 0 Å². The van der Waals surface area contributed by atoms with Crippen molar-refractivity contribution in [2.24, 2.45) is 5.92 Å². The van der Waals surface area contributed by atoms with Crippen molar-refractivity contribution < 1.29 is 0 Å². The van der Waals surface area contributed by atoms with Gasteiger partial charge in [-0.2, -0.15) is 0 Å². The van der Waals surface area contributed by atoms with E-state index in [-0.39, 0.29) is 0 Å². The second kappa shape index (κ2) is 8.11. The van der Waals surface area contributed by atoms with Crippen molar-refractivity contribution in [2.45, 2.75) is 90.6 Å². The summed E-state index contributed by atoms with van der Waals surface area (Å²) in [7, 11) is 0. The molecule has 1 atom stereocenters. The van der Waals surface area contributed by atoms with Crippen molar-refractivity contribution in [1.29, 1.82) is 0 Å². The molecule has 96 valence electrons. The molecule has 0 bridgehead atoms. The highest BCUT2D eigenvalue weighted by Gasteiger charge is 2.21. The fourth-order valence-electron chi connectivity index (χ4n) is 2.93. The normalized spacial score (nSPS) is 27.9. The topological polar surface area (TPSA) is 12.0 Å². The smallest absolute Gasteiger partial charge is 0.00698 e. The van der Waals surface area contributed by atoms with E-state index >= 15 is 0 Å². The molecule has 0 spiro atoms. The minimum absolute atomic E-state index is 0.781. The lowest BCUT2D eigenvalue weighted by atomic mass is 9.84. The number of hydrogen-bond donors (Lipinski definition) is 1. The van der Waals surface area contributed by atoms with E-state index in [0.717, 1.165) is 18.0 Å². The Balaban J connectivity index is 2.20. The molecule has 0 amide bonds. The van der Waals surface area contributed by atoms with Crippen molar-refractivity contribution >= 4 is 0 Å². The lowest BCUT2D eigenvalue weighted by Crippen LogP contribution is -2.40.